The molecular weight excluding hydrogens is 144 g/mol. The minimum Gasteiger partial charge on any atom is -0.329 e. The van der Waals surface area contributed by atoms with Crippen LogP contribution >= 0.6 is 0 Å². The highest BCUT2D eigenvalue weighted by Crippen LogP contribution is 2.44. The van der Waals surface area contributed by atoms with E-state index in [1.54, 1.807) is 0 Å². The van der Waals surface area contributed by atoms with E-state index in [1.165, 1.54) is 0 Å². The van der Waals surface area contributed by atoms with E-state index in [-0.39, 0.29) is 11.3 Å². The zero-order valence-corrected chi connectivity index (χ0v) is 6.72. The van der Waals surface area contributed by atoms with E-state index in [9.17, 15) is 4.79 Å². The molecule has 0 bridgehead atoms. The third-order valence-electron chi connectivity index (χ3n) is 2.04. The van der Waals surface area contributed by atoms with Gasteiger partial charge in [-0.15, -0.1) is 0 Å². The van der Waals surface area contributed by atoms with Crippen LogP contribution in [0.3, 0.4) is 0 Å². The van der Waals surface area contributed by atoms with Crippen LogP contribution in [0.5, 0.6) is 0 Å². The summed E-state index contributed by atoms with van der Waals surface area (Å²) < 4.78 is 0. The van der Waals surface area contributed by atoms with Crippen LogP contribution in [-0.2, 0) is 9.63 Å². The SMILES string of the molecule is CCONC(=O)C1(CN)CC1. The number of amides is 1. The van der Waals surface area contributed by atoms with Crippen LogP contribution in [0.15, 0.2) is 0 Å². The smallest absolute Gasteiger partial charge is 0.251 e. The molecule has 3 N–H and O–H groups in total. The fourth-order valence-corrected chi connectivity index (χ4v) is 0.921. The molecule has 0 spiro atoms. The van der Waals surface area contributed by atoms with Gasteiger partial charge in [-0.2, -0.15) is 0 Å². The average Bonchev–Trinajstić information content (AvgIpc) is 2.80. The largest absolute Gasteiger partial charge is 0.329 e. The van der Waals surface area contributed by atoms with Gasteiger partial charge in [0.1, 0.15) is 0 Å². The first-order chi connectivity index (χ1) is 5.25. The lowest BCUT2D eigenvalue weighted by molar-refractivity contribution is -0.138. The highest BCUT2D eigenvalue weighted by atomic mass is 16.6. The van der Waals surface area contributed by atoms with Crippen molar-refractivity contribution in [2.75, 3.05) is 13.2 Å². The Labute approximate surface area is 66.0 Å². The van der Waals surface area contributed by atoms with E-state index in [0.29, 0.717) is 13.2 Å². The van der Waals surface area contributed by atoms with E-state index in [4.69, 9.17) is 10.6 Å². The van der Waals surface area contributed by atoms with Crippen LogP contribution in [0, 0.1) is 5.41 Å². The number of hydrogen-bond acceptors (Lipinski definition) is 3. The molecule has 1 aliphatic rings. The first-order valence-corrected chi connectivity index (χ1v) is 3.87. The van der Waals surface area contributed by atoms with Gasteiger partial charge in [-0.1, -0.05) is 0 Å². The highest BCUT2D eigenvalue weighted by Gasteiger charge is 2.48. The molecule has 64 valence electrons. The van der Waals surface area contributed by atoms with Crippen LogP contribution in [0.4, 0.5) is 0 Å². The van der Waals surface area contributed by atoms with E-state index in [2.05, 4.69) is 5.48 Å². The molecule has 4 heteroatoms. The molecule has 11 heavy (non-hydrogen) atoms. The summed E-state index contributed by atoms with van der Waals surface area (Å²) in [6.45, 7) is 2.74. The average molecular weight is 158 g/mol. The van der Waals surface area contributed by atoms with Crippen LogP contribution in [0.1, 0.15) is 19.8 Å². The second kappa shape index (κ2) is 3.19. The molecule has 1 amide bonds. The van der Waals surface area contributed by atoms with Crippen LogP contribution in [0.2, 0.25) is 0 Å². The molecule has 0 radical (unpaired) electrons. The predicted octanol–water partition coefficient (Wildman–Crippen LogP) is -0.207. The normalized spacial score (nSPS) is 19.5. The number of carbonyl (C=O) groups excluding carboxylic acids is 1. The number of rotatable bonds is 4. The number of nitrogens with one attached hydrogen (secondary N) is 1. The second-order valence-electron chi connectivity index (χ2n) is 2.85. The Balaban J connectivity index is 2.29. The van der Waals surface area contributed by atoms with E-state index in [0.717, 1.165) is 12.8 Å². The Morgan fingerprint density at radius 3 is 2.73 bits per heavy atom. The quantitative estimate of drug-likeness (QED) is 0.556. The van der Waals surface area contributed by atoms with Crippen LogP contribution < -0.4 is 11.2 Å². The third kappa shape index (κ3) is 1.70. The summed E-state index contributed by atoms with van der Waals surface area (Å²) in [7, 11) is 0. The molecule has 1 rings (SSSR count). The minimum atomic E-state index is -0.296. The lowest BCUT2D eigenvalue weighted by Gasteiger charge is -2.10. The van der Waals surface area contributed by atoms with E-state index in [1.807, 2.05) is 6.92 Å². The fraction of sp³-hybridized carbons (Fsp3) is 0.857. The summed E-state index contributed by atoms with van der Waals surface area (Å²) in [5.41, 5.74) is 7.50. The summed E-state index contributed by atoms with van der Waals surface area (Å²) >= 11 is 0. The molecule has 0 unspecified atom stereocenters. The Morgan fingerprint density at radius 2 is 2.36 bits per heavy atom. The molecule has 0 aromatic rings. The predicted molar refractivity (Wildman–Crippen MR) is 40.5 cm³/mol. The molecule has 1 fully saturated rings. The Kier molecular flexibility index (Phi) is 2.46. The van der Waals surface area contributed by atoms with Gasteiger partial charge in [-0.3, -0.25) is 9.63 Å². The first kappa shape index (κ1) is 8.49. The molecule has 0 heterocycles. The van der Waals surface area contributed by atoms with Crippen molar-refractivity contribution in [2.24, 2.45) is 11.1 Å². The van der Waals surface area contributed by atoms with Gasteiger partial charge in [0, 0.05) is 6.54 Å². The lowest BCUT2D eigenvalue weighted by atomic mass is 10.1. The molecule has 0 aromatic carbocycles. The monoisotopic (exact) mass is 158 g/mol. The van der Waals surface area contributed by atoms with Gasteiger partial charge >= 0.3 is 0 Å². The zero-order chi connectivity index (χ0) is 8.32. The Hall–Kier alpha value is -0.610. The summed E-state index contributed by atoms with van der Waals surface area (Å²) in [6, 6.07) is 0. The fourth-order valence-electron chi connectivity index (χ4n) is 0.921. The molecule has 1 saturated carbocycles. The van der Waals surface area contributed by atoms with Crippen molar-refractivity contribution in [1.29, 1.82) is 0 Å². The molecule has 0 aliphatic heterocycles. The van der Waals surface area contributed by atoms with Gasteiger partial charge in [0.25, 0.3) is 5.91 Å². The van der Waals surface area contributed by atoms with Crippen LogP contribution in [0.25, 0.3) is 0 Å². The topological polar surface area (TPSA) is 64.3 Å². The summed E-state index contributed by atoms with van der Waals surface area (Å²) in [6.07, 6.45) is 1.78. The summed E-state index contributed by atoms with van der Waals surface area (Å²) in [5, 5.41) is 0. The third-order valence-corrected chi connectivity index (χ3v) is 2.04. The van der Waals surface area contributed by atoms with Crippen LogP contribution in [-0.4, -0.2) is 19.1 Å². The van der Waals surface area contributed by atoms with Crippen molar-refractivity contribution in [2.45, 2.75) is 19.8 Å². The van der Waals surface area contributed by atoms with Gasteiger partial charge in [-0.05, 0) is 19.8 Å². The van der Waals surface area contributed by atoms with Gasteiger partial charge in [-0.25, -0.2) is 5.48 Å². The number of hydrogen-bond donors (Lipinski definition) is 2. The maximum absolute atomic E-state index is 11.2. The van der Waals surface area contributed by atoms with Crippen molar-refractivity contribution in [3.63, 3.8) is 0 Å². The van der Waals surface area contributed by atoms with Crippen molar-refractivity contribution in [3.05, 3.63) is 0 Å². The lowest BCUT2D eigenvalue weighted by Crippen LogP contribution is -2.36. The Morgan fingerprint density at radius 1 is 1.73 bits per heavy atom. The van der Waals surface area contributed by atoms with Crippen molar-refractivity contribution in [3.8, 4) is 0 Å². The molecule has 0 saturated heterocycles. The first-order valence-electron chi connectivity index (χ1n) is 3.87. The van der Waals surface area contributed by atoms with Crippen molar-refractivity contribution < 1.29 is 9.63 Å². The van der Waals surface area contributed by atoms with Gasteiger partial charge in [0.05, 0.1) is 12.0 Å². The standard InChI is InChI=1S/C7H14N2O2/c1-2-11-9-6(10)7(5-8)3-4-7/h2-5,8H2,1H3,(H,9,10). The number of nitrogens with two attached hydrogens (primary N) is 1. The van der Waals surface area contributed by atoms with Gasteiger partial charge in [0.15, 0.2) is 0 Å². The number of hydroxylamine groups is 1. The minimum absolute atomic E-state index is 0.0677. The van der Waals surface area contributed by atoms with Gasteiger partial charge in [0.2, 0.25) is 0 Å². The van der Waals surface area contributed by atoms with E-state index < -0.39 is 0 Å². The molecular formula is C7H14N2O2. The summed E-state index contributed by atoms with van der Waals surface area (Å²) in [5.74, 6) is -0.0677. The molecule has 4 nitrogen and oxygen atoms in total. The highest BCUT2D eigenvalue weighted by molar-refractivity contribution is 5.84. The zero-order valence-electron chi connectivity index (χ0n) is 6.72. The second-order valence-corrected chi connectivity index (χ2v) is 2.85. The molecule has 1 aliphatic carbocycles. The Bertz CT molecular complexity index is 155. The summed E-state index contributed by atoms with van der Waals surface area (Å²) in [4.78, 5) is 16.0. The van der Waals surface area contributed by atoms with Crippen molar-refractivity contribution >= 4 is 5.91 Å². The van der Waals surface area contributed by atoms with E-state index >= 15 is 0 Å². The van der Waals surface area contributed by atoms with Gasteiger partial charge < -0.3 is 5.73 Å². The van der Waals surface area contributed by atoms with Crippen molar-refractivity contribution in [1.82, 2.24) is 5.48 Å². The molecule has 0 atom stereocenters. The molecule has 0 aromatic heterocycles. The maximum Gasteiger partial charge on any atom is 0.251 e. The maximum atomic E-state index is 11.2. The number of carbonyl (C=O) groups is 1.